The van der Waals surface area contributed by atoms with Gasteiger partial charge in [0.2, 0.25) is 0 Å². The molecule has 1 aromatic heterocycles. The zero-order valence-corrected chi connectivity index (χ0v) is 14.2. The number of halogens is 1. The van der Waals surface area contributed by atoms with Gasteiger partial charge in [0.25, 0.3) is 5.91 Å². The molecule has 1 aliphatic heterocycles. The van der Waals surface area contributed by atoms with Gasteiger partial charge in [0.15, 0.2) is 0 Å². The molecule has 0 spiro atoms. The third-order valence-corrected chi connectivity index (χ3v) is 4.27. The number of hydrogen-bond acceptors (Lipinski definition) is 5. The van der Waals surface area contributed by atoms with E-state index in [0.29, 0.717) is 22.2 Å². The molecule has 0 radical (unpaired) electrons. The molecule has 1 aromatic carbocycles. The van der Waals surface area contributed by atoms with Gasteiger partial charge in [-0.1, -0.05) is 11.6 Å². The summed E-state index contributed by atoms with van der Waals surface area (Å²) in [7, 11) is 1.54. The Kier molecular flexibility index (Phi) is 5.15. The van der Waals surface area contributed by atoms with Crippen LogP contribution in [0.15, 0.2) is 30.6 Å². The highest BCUT2D eigenvalue weighted by atomic mass is 35.5. The summed E-state index contributed by atoms with van der Waals surface area (Å²) < 4.78 is 5.10. The first-order valence-electron chi connectivity index (χ1n) is 7.89. The standard InChI is InChI=1S/C17H19ClN4O2/c1-24-15-6-5-12(9-13(15)18)21-17(23)14-10-16(20-11-19-14)22-7-3-2-4-8-22/h5-6,9-11H,2-4,7-8H2,1H3,(H,21,23). The van der Waals surface area contributed by atoms with E-state index in [1.807, 2.05) is 0 Å². The zero-order chi connectivity index (χ0) is 16.9. The van der Waals surface area contributed by atoms with Crippen LogP contribution in [0.5, 0.6) is 5.75 Å². The van der Waals surface area contributed by atoms with Crippen LogP contribution in [0.4, 0.5) is 11.5 Å². The average molecular weight is 347 g/mol. The zero-order valence-electron chi connectivity index (χ0n) is 13.5. The van der Waals surface area contributed by atoms with Crippen LogP contribution in [-0.4, -0.2) is 36.1 Å². The van der Waals surface area contributed by atoms with Crippen molar-refractivity contribution in [2.24, 2.45) is 0 Å². The van der Waals surface area contributed by atoms with Gasteiger partial charge in [-0.25, -0.2) is 9.97 Å². The number of methoxy groups -OCH3 is 1. The van der Waals surface area contributed by atoms with Crippen molar-refractivity contribution < 1.29 is 9.53 Å². The van der Waals surface area contributed by atoms with Crippen molar-refractivity contribution >= 4 is 29.0 Å². The summed E-state index contributed by atoms with van der Waals surface area (Å²) in [6.45, 7) is 1.93. The van der Waals surface area contributed by atoms with Gasteiger partial charge in [-0.3, -0.25) is 4.79 Å². The molecule has 1 N–H and O–H groups in total. The van der Waals surface area contributed by atoms with E-state index in [-0.39, 0.29) is 5.91 Å². The Bertz CT molecular complexity index is 732. The number of aromatic nitrogens is 2. The molecule has 6 nitrogen and oxygen atoms in total. The lowest BCUT2D eigenvalue weighted by molar-refractivity contribution is 0.102. The van der Waals surface area contributed by atoms with Gasteiger partial charge in [-0.05, 0) is 37.5 Å². The number of piperidine rings is 1. The molecule has 2 aromatic rings. The molecule has 0 saturated carbocycles. The Morgan fingerprint density at radius 1 is 1.21 bits per heavy atom. The molecule has 1 amide bonds. The molecule has 1 aliphatic rings. The number of amides is 1. The number of ether oxygens (including phenoxy) is 1. The number of carbonyl (C=O) groups is 1. The third kappa shape index (κ3) is 3.76. The largest absolute Gasteiger partial charge is 0.495 e. The smallest absolute Gasteiger partial charge is 0.274 e. The van der Waals surface area contributed by atoms with E-state index >= 15 is 0 Å². The molecule has 0 atom stereocenters. The summed E-state index contributed by atoms with van der Waals surface area (Å²) in [4.78, 5) is 23.0. The number of rotatable bonds is 4. The van der Waals surface area contributed by atoms with Crippen LogP contribution in [-0.2, 0) is 0 Å². The Hall–Kier alpha value is -2.34. The second-order valence-corrected chi connectivity index (χ2v) is 6.02. The molecule has 2 heterocycles. The molecule has 1 saturated heterocycles. The fraction of sp³-hybridized carbons (Fsp3) is 0.353. The second-order valence-electron chi connectivity index (χ2n) is 5.61. The Morgan fingerprint density at radius 2 is 2.00 bits per heavy atom. The van der Waals surface area contributed by atoms with Crippen molar-refractivity contribution in [3.63, 3.8) is 0 Å². The maximum absolute atomic E-state index is 12.4. The van der Waals surface area contributed by atoms with Crippen LogP contribution in [0.1, 0.15) is 29.8 Å². The summed E-state index contributed by atoms with van der Waals surface area (Å²) >= 11 is 6.08. The van der Waals surface area contributed by atoms with Crippen molar-refractivity contribution in [2.45, 2.75) is 19.3 Å². The molecular formula is C17H19ClN4O2. The first kappa shape index (κ1) is 16.5. The monoisotopic (exact) mass is 346 g/mol. The Labute approximate surface area is 145 Å². The number of carbonyl (C=O) groups excluding carboxylic acids is 1. The van der Waals surface area contributed by atoms with Crippen molar-refractivity contribution in [3.8, 4) is 5.75 Å². The van der Waals surface area contributed by atoms with Gasteiger partial charge in [-0.15, -0.1) is 0 Å². The SMILES string of the molecule is COc1ccc(NC(=O)c2cc(N3CCCCC3)ncn2)cc1Cl. The van der Waals surface area contributed by atoms with Crippen LogP contribution in [0.2, 0.25) is 5.02 Å². The molecule has 0 bridgehead atoms. The van der Waals surface area contributed by atoms with E-state index in [0.717, 1.165) is 31.7 Å². The number of anilines is 2. The summed E-state index contributed by atoms with van der Waals surface area (Å²) in [6, 6.07) is 6.81. The first-order valence-corrected chi connectivity index (χ1v) is 8.27. The molecule has 0 unspecified atom stereocenters. The predicted molar refractivity (Wildman–Crippen MR) is 94.1 cm³/mol. The molecule has 126 valence electrons. The number of nitrogens with one attached hydrogen (secondary N) is 1. The van der Waals surface area contributed by atoms with E-state index in [2.05, 4.69) is 20.2 Å². The average Bonchev–Trinajstić information content (AvgIpc) is 2.63. The fourth-order valence-corrected chi connectivity index (χ4v) is 2.96. The van der Waals surface area contributed by atoms with Gasteiger partial charge in [0.1, 0.15) is 23.6 Å². The molecule has 7 heteroatoms. The minimum absolute atomic E-state index is 0.295. The lowest BCUT2D eigenvalue weighted by Crippen LogP contribution is -2.30. The lowest BCUT2D eigenvalue weighted by Gasteiger charge is -2.27. The highest BCUT2D eigenvalue weighted by Crippen LogP contribution is 2.27. The molecule has 0 aliphatic carbocycles. The normalized spacial score (nSPS) is 14.3. The minimum atomic E-state index is -0.295. The Balaban J connectivity index is 1.74. The minimum Gasteiger partial charge on any atom is -0.495 e. The van der Waals surface area contributed by atoms with Gasteiger partial charge in [0.05, 0.1) is 12.1 Å². The van der Waals surface area contributed by atoms with Gasteiger partial charge in [-0.2, -0.15) is 0 Å². The highest BCUT2D eigenvalue weighted by molar-refractivity contribution is 6.32. The van der Waals surface area contributed by atoms with Crippen LogP contribution in [0, 0.1) is 0 Å². The summed E-state index contributed by atoms with van der Waals surface area (Å²) in [5.41, 5.74) is 0.918. The number of hydrogen-bond donors (Lipinski definition) is 1. The van der Waals surface area contributed by atoms with Gasteiger partial charge in [0, 0.05) is 24.8 Å². The van der Waals surface area contributed by atoms with Crippen LogP contribution >= 0.6 is 11.6 Å². The van der Waals surface area contributed by atoms with E-state index in [1.54, 1.807) is 31.4 Å². The quantitative estimate of drug-likeness (QED) is 0.919. The van der Waals surface area contributed by atoms with E-state index < -0.39 is 0 Å². The molecule has 3 rings (SSSR count). The predicted octanol–water partition coefficient (Wildman–Crippen LogP) is 3.38. The van der Waals surface area contributed by atoms with E-state index in [1.165, 1.54) is 12.7 Å². The molecular weight excluding hydrogens is 328 g/mol. The van der Waals surface area contributed by atoms with Gasteiger partial charge < -0.3 is 15.0 Å². The van der Waals surface area contributed by atoms with Crippen LogP contribution in [0.3, 0.4) is 0 Å². The van der Waals surface area contributed by atoms with Crippen molar-refractivity contribution in [1.29, 1.82) is 0 Å². The molecule has 1 fully saturated rings. The fourth-order valence-electron chi connectivity index (χ4n) is 2.71. The number of benzene rings is 1. The van der Waals surface area contributed by atoms with E-state index in [4.69, 9.17) is 16.3 Å². The summed E-state index contributed by atoms with van der Waals surface area (Å²) in [5.74, 6) is 1.06. The van der Waals surface area contributed by atoms with Crippen LogP contribution in [0.25, 0.3) is 0 Å². The highest BCUT2D eigenvalue weighted by Gasteiger charge is 2.15. The topological polar surface area (TPSA) is 67.3 Å². The van der Waals surface area contributed by atoms with Gasteiger partial charge >= 0.3 is 0 Å². The van der Waals surface area contributed by atoms with Crippen molar-refractivity contribution in [2.75, 3.05) is 30.4 Å². The summed E-state index contributed by atoms with van der Waals surface area (Å²) in [5, 5.41) is 3.23. The van der Waals surface area contributed by atoms with E-state index in [9.17, 15) is 4.79 Å². The second kappa shape index (κ2) is 7.49. The lowest BCUT2D eigenvalue weighted by atomic mass is 10.1. The number of nitrogens with zero attached hydrogens (tertiary/aromatic N) is 3. The first-order chi connectivity index (χ1) is 11.7. The van der Waals surface area contributed by atoms with Crippen LogP contribution < -0.4 is 15.0 Å². The molecule has 24 heavy (non-hydrogen) atoms. The summed E-state index contributed by atoms with van der Waals surface area (Å²) in [6.07, 6.45) is 4.97. The van der Waals surface area contributed by atoms with Crippen molar-refractivity contribution in [1.82, 2.24) is 9.97 Å². The maximum atomic E-state index is 12.4. The third-order valence-electron chi connectivity index (χ3n) is 3.98. The maximum Gasteiger partial charge on any atom is 0.274 e. The Morgan fingerprint density at radius 3 is 2.71 bits per heavy atom. The van der Waals surface area contributed by atoms with Crippen molar-refractivity contribution in [3.05, 3.63) is 41.3 Å².